The molecule has 1 unspecified atom stereocenters. The zero-order valence-corrected chi connectivity index (χ0v) is 18.0. The van der Waals surface area contributed by atoms with Gasteiger partial charge in [0.25, 0.3) is 5.78 Å². The topological polar surface area (TPSA) is 58.4 Å². The van der Waals surface area contributed by atoms with Crippen molar-refractivity contribution in [1.82, 2.24) is 24.5 Å². The highest BCUT2D eigenvalue weighted by Gasteiger charge is 2.53. The molecule has 2 aliphatic rings. The number of allylic oxidation sites excluding steroid dienone is 1. The first-order valence-electron chi connectivity index (χ1n) is 10.2. The molecule has 0 spiro atoms. The number of likely N-dealkylation sites (tertiary alicyclic amines) is 1. The van der Waals surface area contributed by atoms with Crippen molar-refractivity contribution in [2.24, 2.45) is 17.8 Å². The summed E-state index contributed by atoms with van der Waals surface area (Å²) in [5, 5.41) is 5.65. The van der Waals surface area contributed by atoms with Crippen molar-refractivity contribution in [3.63, 3.8) is 0 Å². The van der Waals surface area contributed by atoms with E-state index in [1.165, 1.54) is 12.1 Å². The fraction of sp³-hybridized carbons (Fsp3) is 0.381. The number of anilines is 1. The normalized spacial score (nSPS) is 22.9. The van der Waals surface area contributed by atoms with Crippen molar-refractivity contribution in [2.45, 2.75) is 6.18 Å². The summed E-state index contributed by atoms with van der Waals surface area (Å²) in [7, 11) is 2.05. The average Bonchev–Trinajstić information content (AvgIpc) is 3.07. The molecular formula is C21H18ClF5N6. The number of piperidine rings is 1. The minimum atomic E-state index is -4.58. The quantitative estimate of drug-likeness (QED) is 0.426. The van der Waals surface area contributed by atoms with E-state index < -0.39 is 24.4 Å². The molecule has 3 aromatic rings. The number of aromatic nitrogens is 4. The van der Waals surface area contributed by atoms with E-state index in [2.05, 4.69) is 32.3 Å². The Hall–Kier alpha value is -2.79. The van der Waals surface area contributed by atoms with Gasteiger partial charge in [-0.05, 0) is 24.8 Å². The van der Waals surface area contributed by atoms with Gasteiger partial charge in [-0.25, -0.2) is 8.78 Å². The first-order valence-corrected chi connectivity index (χ1v) is 10.6. The summed E-state index contributed by atoms with van der Waals surface area (Å²) in [5.74, 6) is -1.32. The van der Waals surface area contributed by atoms with Gasteiger partial charge in [0.2, 0.25) is 0 Å². The van der Waals surface area contributed by atoms with E-state index in [4.69, 9.17) is 11.6 Å². The van der Waals surface area contributed by atoms with E-state index in [-0.39, 0.29) is 33.4 Å². The predicted octanol–water partition coefficient (Wildman–Crippen LogP) is 4.52. The summed E-state index contributed by atoms with van der Waals surface area (Å²) < 4.78 is 69.6. The lowest BCUT2D eigenvalue weighted by Crippen LogP contribution is -2.23. The summed E-state index contributed by atoms with van der Waals surface area (Å²) in [6.07, 6.45) is -0.0635. The third-order valence-corrected chi connectivity index (χ3v) is 6.43. The van der Waals surface area contributed by atoms with Crippen LogP contribution in [-0.2, 0) is 0 Å². The van der Waals surface area contributed by atoms with Crippen LogP contribution in [0.2, 0.25) is 5.15 Å². The van der Waals surface area contributed by atoms with Gasteiger partial charge in [0.05, 0.1) is 5.56 Å². The van der Waals surface area contributed by atoms with Gasteiger partial charge in [0.15, 0.2) is 11.6 Å². The summed E-state index contributed by atoms with van der Waals surface area (Å²) in [6.45, 7) is 0.526. The number of alkyl halides is 3. The van der Waals surface area contributed by atoms with Crippen LogP contribution in [0.25, 0.3) is 23.0 Å². The standard InChI is InChI=1S/C21H18ClF5N6/c1-32-6-13-11(14(13)7-32)4-2-10-3-5-12(17(24)16(10)23)15-18(22)31-20-29-9-30-33(20)19(15)28-8-21(25,26)27/h2-5,9,11,13-14,28H,6-8H2,1H3/b4-2+/t11?,13-,14+. The number of rotatable bonds is 5. The van der Waals surface area contributed by atoms with Crippen molar-refractivity contribution in [1.29, 1.82) is 0 Å². The van der Waals surface area contributed by atoms with Crippen molar-refractivity contribution in [3.05, 3.63) is 46.9 Å². The van der Waals surface area contributed by atoms with Crippen LogP contribution in [0.5, 0.6) is 0 Å². The summed E-state index contributed by atoms with van der Waals surface area (Å²) in [6, 6.07) is 2.63. The van der Waals surface area contributed by atoms with Crippen LogP contribution < -0.4 is 5.32 Å². The van der Waals surface area contributed by atoms with Crippen molar-refractivity contribution in [2.75, 3.05) is 32.0 Å². The Balaban J connectivity index is 1.51. The Kier molecular flexibility index (Phi) is 5.28. The van der Waals surface area contributed by atoms with Crippen LogP contribution in [-0.4, -0.2) is 57.3 Å². The van der Waals surface area contributed by atoms with Gasteiger partial charge in [0.1, 0.15) is 23.8 Å². The zero-order chi connectivity index (χ0) is 23.5. The van der Waals surface area contributed by atoms with Gasteiger partial charge in [-0.15, -0.1) is 0 Å². The first-order chi connectivity index (χ1) is 15.6. The molecule has 3 atom stereocenters. The number of benzene rings is 1. The SMILES string of the molecule is CN1C[C@@H]2C(/C=C/c3ccc(-c4c(Cl)nc5ncnn5c4NCC(F)(F)F)c(F)c3F)[C@@H]2C1. The molecular weight excluding hydrogens is 467 g/mol. The van der Waals surface area contributed by atoms with Crippen molar-refractivity contribution >= 4 is 29.3 Å². The minimum Gasteiger partial charge on any atom is -0.360 e. The number of halogens is 6. The maximum atomic E-state index is 15.1. The molecule has 1 aliphatic carbocycles. The lowest BCUT2D eigenvalue weighted by atomic mass is 10.0. The third-order valence-electron chi connectivity index (χ3n) is 6.16. The minimum absolute atomic E-state index is 0.0466. The first kappa shape index (κ1) is 22.0. The zero-order valence-electron chi connectivity index (χ0n) is 17.2. The molecule has 33 heavy (non-hydrogen) atoms. The third kappa shape index (κ3) is 4.04. The molecule has 1 saturated carbocycles. The maximum absolute atomic E-state index is 15.1. The Morgan fingerprint density at radius 3 is 2.61 bits per heavy atom. The monoisotopic (exact) mass is 484 g/mol. The van der Waals surface area contributed by atoms with Crippen molar-refractivity contribution < 1.29 is 22.0 Å². The predicted molar refractivity (Wildman–Crippen MR) is 113 cm³/mol. The van der Waals surface area contributed by atoms with Crippen molar-refractivity contribution in [3.8, 4) is 11.1 Å². The molecule has 6 nitrogen and oxygen atoms in total. The second-order valence-electron chi connectivity index (χ2n) is 8.38. The van der Waals surface area contributed by atoms with Gasteiger partial charge < -0.3 is 10.2 Å². The second kappa shape index (κ2) is 7.91. The molecule has 0 bridgehead atoms. The molecule has 2 aromatic heterocycles. The van der Waals surface area contributed by atoms with Crippen LogP contribution in [0.4, 0.5) is 27.8 Å². The lowest BCUT2D eigenvalue weighted by molar-refractivity contribution is -0.115. The van der Waals surface area contributed by atoms with E-state index >= 15 is 4.39 Å². The smallest absolute Gasteiger partial charge is 0.360 e. The van der Waals surface area contributed by atoms with Gasteiger partial charge in [-0.1, -0.05) is 35.9 Å². The van der Waals surface area contributed by atoms with E-state index in [1.807, 2.05) is 6.08 Å². The molecule has 1 aliphatic heterocycles. The van der Waals surface area contributed by atoms with E-state index in [1.54, 1.807) is 6.08 Å². The maximum Gasteiger partial charge on any atom is 0.405 e. The van der Waals surface area contributed by atoms with Crippen LogP contribution in [0, 0.1) is 29.4 Å². The number of hydrogen-bond donors (Lipinski definition) is 1. The van der Waals surface area contributed by atoms with Crippen LogP contribution in [0.1, 0.15) is 5.56 Å². The van der Waals surface area contributed by atoms with E-state index in [0.717, 1.165) is 23.9 Å². The molecule has 2 fully saturated rings. The average molecular weight is 485 g/mol. The van der Waals surface area contributed by atoms with Gasteiger partial charge in [-0.2, -0.15) is 32.8 Å². The highest BCUT2D eigenvalue weighted by molar-refractivity contribution is 6.33. The van der Waals surface area contributed by atoms with Gasteiger partial charge in [-0.3, -0.25) is 0 Å². The molecule has 174 valence electrons. The van der Waals surface area contributed by atoms with E-state index in [9.17, 15) is 17.6 Å². The fourth-order valence-electron chi connectivity index (χ4n) is 4.57. The Bertz CT molecular complexity index is 1240. The van der Waals surface area contributed by atoms with Crippen LogP contribution >= 0.6 is 11.6 Å². The fourth-order valence-corrected chi connectivity index (χ4v) is 4.84. The number of nitrogens with one attached hydrogen (secondary N) is 1. The van der Waals surface area contributed by atoms with Crippen LogP contribution in [0.15, 0.2) is 24.5 Å². The van der Waals surface area contributed by atoms with E-state index in [0.29, 0.717) is 17.8 Å². The summed E-state index contributed by atoms with van der Waals surface area (Å²) in [5.41, 5.74) is -0.537. The van der Waals surface area contributed by atoms with Gasteiger partial charge in [0, 0.05) is 24.2 Å². The summed E-state index contributed by atoms with van der Waals surface area (Å²) >= 11 is 6.17. The molecule has 0 radical (unpaired) electrons. The molecule has 1 aromatic carbocycles. The molecule has 12 heteroatoms. The Morgan fingerprint density at radius 2 is 1.91 bits per heavy atom. The molecule has 5 rings (SSSR count). The highest BCUT2D eigenvalue weighted by Crippen LogP contribution is 2.52. The number of nitrogens with zero attached hydrogens (tertiary/aromatic N) is 5. The second-order valence-corrected chi connectivity index (χ2v) is 8.74. The Morgan fingerprint density at radius 1 is 1.18 bits per heavy atom. The molecule has 1 saturated heterocycles. The molecule has 3 heterocycles. The largest absolute Gasteiger partial charge is 0.405 e. The molecule has 0 amide bonds. The Labute approximate surface area is 190 Å². The number of fused-ring (bicyclic) bond motifs is 2. The number of hydrogen-bond acceptors (Lipinski definition) is 5. The highest BCUT2D eigenvalue weighted by atomic mass is 35.5. The van der Waals surface area contributed by atoms with Crippen LogP contribution in [0.3, 0.4) is 0 Å². The summed E-state index contributed by atoms with van der Waals surface area (Å²) in [4.78, 5) is 9.99. The molecule has 1 N–H and O–H groups in total. The van der Waals surface area contributed by atoms with Gasteiger partial charge >= 0.3 is 6.18 Å². The lowest BCUT2D eigenvalue weighted by Gasteiger charge is -2.16.